The zero-order valence-corrected chi connectivity index (χ0v) is 24.2. The summed E-state index contributed by atoms with van der Waals surface area (Å²) in [7, 11) is -1.21. The predicted octanol–water partition coefficient (Wildman–Crippen LogP) is 5.25. The lowest BCUT2D eigenvalue weighted by molar-refractivity contribution is 0.0466. The van der Waals surface area contributed by atoms with E-state index >= 15 is 0 Å². The van der Waals surface area contributed by atoms with Crippen LogP contribution >= 0.6 is 0 Å². The average Bonchev–Trinajstić information content (AvgIpc) is 3.21. The van der Waals surface area contributed by atoms with E-state index in [9.17, 15) is 9.18 Å². The van der Waals surface area contributed by atoms with Gasteiger partial charge in [0.1, 0.15) is 30.5 Å². The molecule has 1 saturated heterocycles. The molecule has 2 atom stereocenters. The van der Waals surface area contributed by atoms with E-state index < -0.39 is 32.0 Å². The van der Waals surface area contributed by atoms with Gasteiger partial charge in [-0.05, 0) is 45.4 Å². The summed E-state index contributed by atoms with van der Waals surface area (Å²) in [5.74, 6) is 0. The van der Waals surface area contributed by atoms with Gasteiger partial charge in [0.2, 0.25) is 0 Å². The summed E-state index contributed by atoms with van der Waals surface area (Å²) >= 11 is 0. The molecule has 0 bridgehead atoms. The molecule has 0 saturated carbocycles. The standard InChI is InChI=1S/C27H39FN6O3Si/c1-27(2,3)37-26(35)32-22-16-33(12-9-20(22)28)23-8-11-30-25-24(23)19(21-7-10-29-17-31-21)15-34(25)18-36-13-14-38(4,5)6/h7-8,10-11,15,17,20,22H,9,12-14,16,18H2,1-6H3,(H,32,35). The number of alkyl carbamates (subject to hydrolysis) is 1. The van der Waals surface area contributed by atoms with E-state index in [1.807, 2.05) is 22.9 Å². The lowest BCUT2D eigenvalue weighted by Crippen LogP contribution is -2.54. The first kappa shape index (κ1) is 28.0. The van der Waals surface area contributed by atoms with Gasteiger partial charge in [-0.3, -0.25) is 0 Å². The Kier molecular flexibility index (Phi) is 8.36. The van der Waals surface area contributed by atoms with E-state index in [0.29, 0.717) is 26.4 Å². The van der Waals surface area contributed by atoms with Crippen molar-refractivity contribution >= 4 is 30.9 Å². The molecule has 1 fully saturated rings. The van der Waals surface area contributed by atoms with Gasteiger partial charge in [0, 0.05) is 51.9 Å². The highest BCUT2D eigenvalue weighted by Crippen LogP contribution is 2.37. The number of carbonyl (C=O) groups excluding carboxylic acids is 1. The Bertz CT molecular complexity index is 1240. The van der Waals surface area contributed by atoms with Crippen LogP contribution in [0.5, 0.6) is 0 Å². The molecule has 2 unspecified atom stereocenters. The second-order valence-corrected chi connectivity index (χ2v) is 17.6. The predicted molar refractivity (Wildman–Crippen MR) is 150 cm³/mol. The molecule has 11 heteroatoms. The lowest BCUT2D eigenvalue weighted by atomic mass is 10.0. The molecule has 0 aliphatic carbocycles. The van der Waals surface area contributed by atoms with Gasteiger partial charge in [-0.25, -0.2) is 24.1 Å². The van der Waals surface area contributed by atoms with Gasteiger partial charge < -0.3 is 24.3 Å². The first-order chi connectivity index (χ1) is 17.9. The fourth-order valence-corrected chi connectivity index (χ4v) is 5.24. The van der Waals surface area contributed by atoms with Crippen molar-refractivity contribution in [2.75, 3.05) is 24.6 Å². The second-order valence-electron chi connectivity index (χ2n) is 12.0. The second kappa shape index (κ2) is 11.4. The van der Waals surface area contributed by atoms with Crippen molar-refractivity contribution in [1.29, 1.82) is 0 Å². The SMILES string of the molecule is CC(C)(C)OC(=O)NC1CN(c2ccnc3c2c(-c2ccncn2)cn3COCC[Si](C)(C)C)CCC1F. The Hall–Kier alpha value is -3.05. The number of halogens is 1. The minimum atomic E-state index is -1.21. The molecule has 0 radical (unpaired) electrons. The van der Waals surface area contributed by atoms with Crippen LogP contribution in [-0.4, -0.2) is 71.2 Å². The molecule has 0 spiro atoms. The fraction of sp³-hybridized carbons (Fsp3) is 0.556. The summed E-state index contributed by atoms with van der Waals surface area (Å²) in [6.07, 6.45) is 5.51. The van der Waals surface area contributed by atoms with Crippen molar-refractivity contribution in [2.45, 2.75) is 77.4 Å². The van der Waals surface area contributed by atoms with Crippen LogP contribution in [0.1, 0.15) is 27.2 Å². The van der Waals surface area contributed by atoms with Crippen LogP contribution in [-0.2, 0) is 16.2 Å². The van der Waals surface area contributed by atoms with Gasteiger partial charge >= 0.3 is 6.09 Å². The third-order valence-corrected chi connectivity index (χ3v) is 8.10. The molecule has 1 aliphatic rings. The number of rotatable bonds is 8. The summed E-state index contributed by atoms with van der Waals surface area (Å²) in [6, 6.07) is 4.18. The number of hydrogen-bond donors (Lipinski definition) is 1. The first-order valence-corrected chi connectivity index (χ1v) is 16.8. The minimum Gasteiger partial charge on any atom is -0.444 e. The Morgan fingerprint density at radius 3 is 2.68 bits per heavy atom. The van der Waals surface area contributed by atoms with Crippen molar-refractivity contribution in [3.63, 3.8) is 0 Å². The minimum absolute atomic E-state index is 0.285. The zero-order valence-electron chi connectivity index (χ0n) is 23.2. The summed E-state index contributed by atoms with van der Waals surface area (Å²) in [5.41, 5.74) is 2.69. The van der Waals surface area contributed by atoms with Crippen molar-refractivity contribution in [2.24, 2.45) is 0 Å². The van der Waals surface area contributed by atoms with Crippen molar-refractivity contribution < 1.29 is 18.7 Å². The van der Waals surface area contributed by atoms with Crippen LogP contribution in [0.3, 0.4) is 0 Å². The molecular formula is C27H39FN6O3Si. The summed E-state index contributed by atoms with van der Waals surface area (Å²) in [6.45, 7) is 14.2. The quantitative estimate of drug-likeness (QED) is 0.307. The normalized spacial score (nSPS) is 18.6. The van der Waals surface area contributed by atoms with Crippen LogP contribution < -0.4 is 10.2 Å². The Morgan fingerprint density at radius 2 is 2.00 bits per heavy atom. The monoisotopic (exact) mass is 542 g/mol. The number of anilines is 1. The molecule has 1 amide bonds. The highest BCUT2D eigenvalue weighted by atomic mass is 28.3. The number of ether oxygens (including phenoxy) is 2. The third kappa shape index (κ3) is 7.07. The smallest absolute Gasteiger partial charge is 0.408 e. The summed E-state index contributed by atoms with van der Waals surface area (Å²) < 4.78 is 28.3. The third-order valence-electron chi connectivity index (χ3n) is 6.39. The molecule has 4 heterocycles. The van der Waals surface area contributed by atoms with E-state index in [1.54, 1.807) is 33.2 Å². The van der Waals surface area contributed by atoms with Crippen molar-refractivity contribution in [3.8, 4) is 11.3 Å². The fourth-order valence-electron chi connectivity index (χ4n) is 4.48. The largest absolute Gasteiger partial charge is 0.444 e. The topological polar surface area (TPSA) is 94.4 Å². The molecular weight excluding hydrogens is 503 g/mol. The lowest BCUT2D eigenvalue weighted by Gasteiger charge is -2.37. The number of fused-ring (bicyclic) bond motifs is 1. The Morgan fingerprint density at radius 1 is 1.21 bits per heavy atom. The number of alkyl halides is 1. The number of piperidine rings is 1. The van der Waals surface area contributed by atoms with Crippen LogP contribution in [0, 0.1) is 0 Å². The van der Waals surface area contributed by atoms with Gasteiger partial charge in [-0.2, -0.15) is 0 Å². The maximum Gasteiger partial charge on any atom is 0.408 e. The van der Waals surface area contributed by atoms with Crippen LogP contribution in [0.4, 0.5) is 14.9 Å². The molecule has 38 heavy (non-hydrogen) atoms. The van der Waals surface area contributed by atoms with Crippen LogP contribution in [0.15, 0.2) is 37.1 Å². The molecule has 1 N–H and O–H groups in total. The van der Waals surface area contributed by atoms with E-state index in [2.05, 4.69) is 39.8 Å². The van der Waals surface area contributed by atoms with Gasteiger partial charge in [0.05, 0.1) is 22.8 Å². The average molecular weight is 543 g/mol. The summed E-state index contributed by atoms with van der Waals surface area (Å²) in [4.78, 5) is 27.7. The van der Waals surface area contributed by atoms with Crippen molar-refractivity contribution in [1.82, 2.24) is 24.8 Å². The number of carbonyl (C=O) groups is 1. The zero-order chi connectivity index (χ0) is 27.5. The van der Waals surface area contributed by atoms with Crippen LogP contribution in [0.25, 0.3) is 22.3 Å². The number of nitrogens with zero attached hydrogens (tertiary/aromatic N) is 5. The first-order valence-electron chi connectivity index (χ1n) is 13.1. The number of aromatic nitrogens is 4. The van der Waals surface area contributed by atoms with Gasteiger partial charge in [-0.1, -0.05) is 19.6 Å². The summed E-state index contributed by atoms with van der Waals surface area (Å²) in [5, 5.41) is 3.65. The van der Waals surface area contributed by atoms with Crippen LogP contribution in [0.2, 0.25) is 25.7 Å². The number of amides is 1. The van der Waals surface area contributed by atoms with E-state index in [0.717, 1.165) is 34.0 Å². The van der Waals surface area contributed by atoms with Gasteiger partial charge in [0.25, 0.3) is 0 Å². The van der Waals surface area contributed by atoms with Gasteiger partial charge in [-0.15, -0.1) is 0 Å². The maximum absolute atomic E-state index is 14.9. The molecule has 3 aromatic rings. The molecule has 206 valence electrons. The Balaban J connectivity index is 1.64. The highest BCUT2D eigenvalue weighted by Gasteiger charge is 2.33. The Labute approximate surface area is 224 Å². The molecule has 3 aromatic heterocycles. The molecule has 1 aliphatic heterocycles. The van der Waals surface area contributed by atoms with E-state index in [-0.39, 0.29) is 6.42 Å². The highest BCUT2D eigenvalue weighted by molar-refractivity contribution is 6.76. The van der Waals surface area contributed by atoms with Crippen molar-refractivity contribution in [3.05, 3.63) is 37.1 Å². The molecule has 9 nitrogen and oxygen atoms in total. The number of pyridine rings is 1. The van der Waals surface area contributed by atoms with Gasteiger partial charge in [0.15, 0.2) is 0 Å². The number of nitrogens with one attached hydrogen (secondary N) is 1. The maximum atomic E-state index is 14.9. The van der Waals surface area contributed by atoms with E-state index in [1.165, 1.54) is 6.33 Å². The molecule has 0 aromatic carbocycles. The number of hydrogen-bond acceptors (Lipinski definition) is 7. The van der Waals surface area contributed by atoms with E-state index in [4.69, 9.17) is 14.5 Å². The molecule has 4 rings (SSSR count).